The quantitative estimate of drug-likeness (QED) is 0.813. The summed E-state index contributed by atoms with van der Waals surface area (Å²) in [7, 11) is 3.04. The minimum atomic E-state index is -0.771. The van der Waals surface area contributed by atoms with Crippen molar-refractivity contribution in [3.63, 3.8) is 0 Å². The summed E-state index contributed by atoms with van der Waals surface area (Å²) in [6.07, 6.45) is 1.41. The van der Waals surface area contributed by atoms with E-state index in [1.165, 1.54) is 13.3 Å². The molecule has 0 aliphatic heterocycles. The summed E-state index contributed by atoms with van der Waals surface area (Å²) in [5, 5.41) is 5.00. The standard InChI is InChI=1S/C16H17N3O4/c1-22-13-6-4-3-5-11(13)9-18-15(20)16(21)19-12-7-8-14(23-2)17-10-12/h3-8,10H,9H2,1-2H3,(H,18,20)(H,19,21). The minimum Gasteiger partial charge on any atom is -0.496 e. The Morgan fingerprint density at radius 1 is 1.04 bits per heavy atom. The van der Waals surface area contributed by atoms with E-state index in [0.717, 1.165) is 5.56 Å². The molecule has 0 aliphatic carbocycles. The summed E-state index contributed by atoms with van der Waals surface area (Å²) in [6.45, 7) is 0.192. The normalized spacial score (nSPS) is 9.83. The number of rotatable bonds is 5. The van der Waals surface area contributed by atoms with Gasteiger partial charge in [0.15, 0.2) is 0 Å². The van der Waals surface area contributed by atoms with Crippen molar-refractivity contribution in [1.29, 1.82) is 0 Å². The number of methoxy groups -OCH3 is 2. The van der Waals surface area contributed by atoms with Crippen molar-refractivity contribution in [2.24, 2.45) is 0 Å². The molecule has 2 N–H and O–H groups in total. The maximum atomic E-state index is 11.8. The van der Waals surface area contributed by atoms with E-state index in [4.69, 9.17) is 9.47 Å². The molecule has 7 nitrogen and oxygen atoms in total. The number of anilines is 1. The third-order valence-electron chi connectivity index (χ3n) is 3.04. The predicted octanol–water partition coefficient (Wildman–Crippen LogP) is 1.35. The lowest BCUT2D eigenvalue weighted by Crippen LogP contribution is -2.35. The van der Waals surface area contributed by atoms with Crippen molar-refractivity contribution in [1.82, 2.24) is 10.3 Å². The molecule has 0 radical (unpaired) electrons. The van der Waals surface area contributed by atoms with Crippen LogP contribution in [0.5, 0.6) is 11.6 Å². The van der Waals surface area contributed by atoms with Crippen LogP contribution in [0.15, 0.2) is 42.6 Å². The van der Waals surface area contributed by atoms with Gasteiger partial charge in [0.05, 0.1) is 26.1 Å². The fourth-order valence-electron chi connectivity index (χ4n) is 1.87. The van der Waals surface area contributed by atoms with Crippen LogP contribution < -0.4 is 20.1 Å². The van der Waals surface area contributed by atoms with Gasteiger partial charge < -0.3 is 20.1 Å². The fraction of sp³-hybridized carbons (Fsp3) is 0.188. The predicted molar refractivity (Wildman–Crippen MR) is 84.3 cm³/mol. The van der Waals surface area contributed by atoms with Gasteiger partial charge in [0.2, 0.25) is 5.88 Å². The highest BCUT2D eigenvalue weighted by atomic mass is 16.5. The highest BCUT2D eigenvalue weighted by Gasteiger charge is 2.14. The Bertz CT molecular complexity index is 686. The van der Waals surface area contributed by atoms with Crippen LogP contribution in [-0.4, -0.2) is 31.0 Å². The zero-order valence-corrected chi connectivity index (χ0v) is 12.8. The molecule has 1 heterocycles. The maximum Gasteiger partial charge on any atom is 0.313 e. The monoisotopic (exact) mass is 315 g/mol. The van der Waals surface area contributed by atoms with Gasteiger partial charge >= 0.3 is 11.8 Å². The Morgan fingerprint density at radius 2 is 1.83 bits per heavy atom. The minimum absolute atomic E-state index is 0.192. The van der Waals surface area contributed by atoms with Crippen molar-refractivity contribution in [3.05, 3.63) is 48.2 Å². The zero-order chi connectivity index (χ0) is 16.7. The van der Waals surface area contributed by atoms with E-state index in [9.17, 15) is 9.59 Å². The second-order valence-corrected chi connectivity index (χ2v) is 4.54. The molecule has 7 heteroatoms. The molecule has 0 unspecified atom stereocenters. The van der Waals surface area contributed by atoms with Gasteiger partial charge in [-0.05, 0) is 12.1 Å². The smallest absolute Gasteiger partial charge is 0.313 e. The van der Waals surface area contributed by atoms with Gasteiger partial charge in [-0.25, -0.2) is 4.98 Å². The zero-order valence-electron chi connectivity index (χ0n) is 12.8. The molecule has 0 spiro atoms. The molecule has 2 aromatic rings. The molecule has 0 saturated carbocycles. The fourth-order valence-corrected chi connectivity index (χ4v) is 1.87. The number of hydrogen-bond donors (Lipinski definition) is 2. The number of carbonyl (C=O) groups is 2. The second kappa shape index (κ2) is 7.79. The Balaban J connectivity index is 1.90. The van der Waals surface area contributed by atoms with Crippen LogP contribution in [0.4, 0.5) is 5.69 Å². The molecule has 1 aromatic carbocycles. The van der Waals surface area contributed by atoms with Gasteiger partial charge in [0.1, 0.15) is 5.75 Å². The molecule has 1 aromatic heterocycles. The molecule has 0 saturated heterocycles. The van der Waals surface area contributed by atoms with Crippen molar-refractivity contribution in [3.8, 4) is 11.6 Å². The molecule has 0 aliphatic rings. The summed E-state index contributed by atoms with van der Waals surface area (Å²) in [5.74, 6) is -0.449. The lowest BCUT2D eigenvalue weighted by atomic mass is 10.2. The van der Waals surface area contributed by atoms with Crippen LogP contribution in [0.2, 0.25) is 0 Å². The molecule has 2 rings (SSSR count). The van der Waals surface area contributed by atoms with E-state index in [1.54, 1.807) is 25.3 Å². The third kappa shape index (κ3) is 4.44. The molecule has 0 atom stereocenters. The van der Waals surface area contributed by atoms with Gasteiger partial charge in [-0.2, -0.15) is 0 Å². The Kier molecular flexibility index (Phi) is 5.51. The SMILES string of the molecule is COc1ccc(NC(=O)C(=O)NCc2ccccc2OC)cn1. The molecule has 120 valence electrons. The van der Waals surface area contributed by atoms with Crippen molar-refractivity contribution < 1.29 is 19.1 Å². The number of amides is 2. The number of aromatic nitrogens is 1. The average Bonchev–Trinajstić information content (AvgIpc) is 2.60. The first-order valence-corrected chi connectivity index (χ1v) is 6.85. The molecule has 0 bridgehead atoms. The van der Waals surface area contributed by atoms with Crippen LogP contribution in [0.1, 0.15) is 5.56 Å². The number of pyridine rings is 1. The van der Waals surface area contributed by atoms with Gasteiger partial charge in [-0.3, -0.25) is 9.59 Å². The lowest BCUT2D eigenvalue weighted by molar-refractivity contribution is -0.136. The summed E-state index contributed by atoms with van der Waals surface area (Å²) >= 11 is 0. The molecular formula is C16H17N3O4. The first kappa shape index (κ1) is 16.3. The van der Waals surface area contributed by atoms with E-state index < -0.39 is 11.8 Å². The highest BCUT2D eigenvalue weighted by Crippen LogP contribution is 2.16. The molecule has 0 fully saturated rings. The number of para-hydroxylation sites is 1. The number of nitrogens with zero attached hydrogens (tertiary/aromatic N) is 1. The van der Waals surface area contributed by atoms with E-state index in [-0.39, 0.29) is 6.54 Å². The number of hydrogen-bond acceptors (Lipinski definition) is 5. The Morgan fingerprint density at radius 3 is 2.48 bits per heavy atom. The molecule has 2 amide bonds. The van der Waals surface area contributed by atoms with E-state index in [1.807, 2.05) is 18.2 Å². The average molecular weight is 315 g/mol. The van der Waals surface area contributed by atoms with Crippen molar-refractivity contribution in [2.75, 3.05) is 19.5 Å². The Hall–Kier alpha value is -3.09. The van der Waals surface area contributed by atoms with Crippen LogP contribution in [-0.2, 0) is 16.1 Å². The first-order chi connectivity index (χ1) is 11.1. The highest BCUT2D eigenvalue weighted by molar-refractivity contribution is 6.39. The van der Waals surface area contributed by atoms with Gasteiger partial charge in [-0.1, -0.05) is 18.2 Å². The number of ether oxygens (including phenoxy) is 2. The van der Waals surface area contributed by atoms with Crippen molar-refractivity contribution >= 4 is 17.5 Å². The topological polar surface area (TPSA) is 89.5 Å². The van der Waals surface area contributed by atoms with Gasteiger partial charge in [0.25, 0.3) is 0 Å². The van der Waals surface area contributed by atoms with E-state index >= 15 is 0 Å². The number of nitrogens with one attached hydrogen (secondary N) is 2. The van der Waals surface area contributed by atoms with E-state index in [2.05, 4.69) is 15.6 Å². The maximum absolute atomic E-state index is 11.8. The van der Waals surface area contributed by atoms with Crippen LogP contribution in [0.25, 0.3) is 0 Å². The van der Waals surface area contributed by atoms with Gasteiger partial charge in [-0.15, -0.1) is 0 Å². The second-order valence-electron chi connectivity index (χ2n) is 4.54. The summed E-state index contributed by atoms with van der Waals surface area (Å²) in [5.41, 5.74) is 1.19. The summed E-state index contributed by atoms with van der Waals surface area (Å²) in [6, 6.07) is 10.4. The lowest BCUT2D eigenvalue weighted by Gasteiger charge is -2.09. The number of carbonyl (C=O) groups excluding carboxylic acids is 2. The third-order valence-corrected chi connectivity index (χ3v) is 3.04. The van der Waals surface area contributed by atoms with E-state index in [0.29, 0.717) is 17.3 Å². The van der Waals surface area contributed by atoms with Crippen LogP contribution >= 0.6 is 0 Å². The largest absolute Gasteiger partial charge is 0.496 e. The Labute approximate surface area is 133 Å². The molecular weight excluding hydrogens is 298 g/mol. The molecule has 23 heavy (non-hydrogen) atoms. The van der Waals surface area contributed by atoms with Crippen LogP contribution in [0, 0.1) is 0 Å². The van der Waals surface area contributed by atoms with Gasteiger partial charge in [0, 0.05) is 18.2 Å². The summed E-state index contributed by atoms with van der Waals surface area (Å²) in [4.78, 5) is 27.6. The number of benzene rings is 1. The van der Waals surface area contributed by atoms with Crippen LogP contribution in [0.3, 0.4) is 0 Å². The van der Waals surface area contributed by atoms with Crippen molar-refractivity contribution in [2.45, 2.75) is 6.54 Å². The summed E-state index contributed by atoms with van der Waals surface area (Å²) < 4.78 is 10.1. The first-order valence-electron chi connectivity index (χ1n) is 6.85.